The SMILES string of the molecule is CC/C=C/C/C=C/C/C=C/C/C=C/C/C=C/C/C=C/CCCC(=O)OC(COCCC(C(=O)O)[N+](C)(C)C)COC(=O)CCCCCCCCC/C=C/C/C=C/CCCCCCCCCC. The minimum Gasteiger partial charge on any atom is -0.477 e. The maximum absolute atomic E-state index is 12.8. The Kier molecular flexibility index (Phi) is 45.0. The van der Waals surface area contributed by atoms with Crippen molar-refractivity contribution in [3.05, 3.63) is 97.2 Å². The minimum atomic E-state index is -0.888. The largest absolute Gasteiger partial charge is 0.477 e. The van der Waals surface area contributed by atoms with Gasteiger partial charge in [-0.05, 0) is 89.9 Å². The van der Waals surface area contributed by atoms with Gasteiger partial charge in [-0.3, -0.25) is 9.59 Å². The molecule has 0 bridgehead atoms. The van der Waals surface area contributed by atoms with Gasteiger partial charge in [-0.15, -0.1) is 0 Å². The summed E-state index contributed by atoms with van der Waals surface area (Å²) < 4.78 is 17.3. The number of allylic oxidation sites excluding steroid dienone is 16. The molecule has 0 saturated carbocycles. The number of ether oxygens (including phenoxy) is 3. The standard InChI is InChI=1S/C58H97NO7/c1-6-8-10-12-14-16-18-20-22-24-26-28-29-31-32-34-36-38-40-42-44-46-48-56(60)65-53-54(52-64-51-50-55(58(62)63)59(3,4)5)66-57(61)49-47-45-43-41-39-37-35-33-30-27-25-23-21-19-17-15-13-11-9-7-2/h9,11,15,17,21,23-24,26-27,29-31,35,37,41,43,54-55H,6-8,10,12-14,16,18-20,22,25,28,32-34,36,38-40,42,44-53H2,1-5H3/p+1/b11-9+,17-15+,23-21+,26-24+,30-27+,31-29+,37-35+,43-41+. The number of aliphatic carboxylic acids is 1. The van der Waals surface area contributed by atoms with Gasteiger partial charge in [-0.25, -0.2) is 4.79 Å². The number of carboxylic acids is 1. The van der Waals surface area contributed by atoms with E-state index < -0.39 is 18.1 Å². The van der Waals surface area contributed by atoms with Gasteiger partial charge in [-0.2, -0.15) is 0 Å². The summed E-state index contributed by atoms with van der Waals surface area (Å²) in [6, 6.07) is -0.633. The molecule has 66 heavy (non-hydrogen) atoms. The quantitative estimate of drug-likeness (QED) is 0.0281. The van der Waals surface area contributed by atoms with Gasteiger partial charge in [0.2, 0.25) is 0 Å². The van der Waals surface area contributed by atoms with Crippen LogP contribution in [0.25, 0.3) is 0 Å². The van der Waals surface area contributed by atoms with E-state index in [1.54, 1.807) is 0 Å². The highest BCUT2D eigenvalue weighted by Crippen LogP contribution is 2.14. The lowest BCUT2D eigenvalue weighted by molar-refractivity contribution is -0.887. The number of quaternary nitrogens is 1. The fraction of sp³-hybridized carbons (Fsp3) is 0.672. The summed E-state index contributed by atoms with van der Waals surface area (Å²) in [4.78, 5) is 37.2. The van der Waals surface area contributed by atoms with E-state index in [0.29, 0.717) is 19.3 Å². The van der Waals surface area contributed by atoms with Gasteiger partial charge in [0.1, 0.15) is 6.61 Å². The first-order chi connectivity index (χ1) is 32.1. The zero-order valence-electron chi connectivity index (χ0n) is 42.9. The van der Waals surface area contributed by atoms with Crippen molar-refractivity contribution in [1.29, 1.82) is 0 Å². The van der Waals surface area contributed by atoms with Crippen LogP contribution in [0.1, 0.15) is 200 Å². The van der Waals surface area contributed by atoms with Crippen LogP contribution in [0.15, 0.2) is 97.2 Å². The van der Waals surface area contributed by atoms with Crippen LogP contribution >= 0.6 is 0 Å². The van der Waals surface area contributed by atoms with Crippen molar-refractivity contribution < 1.29 is 38.2 Å². The molecule has 0 rings (SSSR count). The molecule has 0 saturated heterocycles. The molecule has 1 N–H and O–H groups in total. The number of hydrogen-bond donors (Lipinski definition) is 1. The lowest BCUT2D eigenvalue weighted by Crippen LogP contribution is -2.50. The zero-order valence-corrected chi connectivity index (χ0v) is 42.9. The van der Waals surface area contributed by atoms with Gasteiger partial charge in [0.25, 0.3) is 0 Å². The smallest absolute Gasteiger partial charge is 0.362 e. The Bertz CT molecular complexity index is 1400. The van der Waals surface area contributed by atoms with Crippen molar-refractivity contribution in [2.45, 2.75) is 212 Å². The van der Waals surface area contributed by atoms with Crippen molar-refractivity contribution in [2.75, 3.05) is 41.0 Å². The molecule has 376 valence electrons. The molecule has 0 amide bonds. The number of esters is 2. The number of nitrogens with zero attached hydrogens (tertiary/aromatic N) is 1. The number of unbranched alkanes of at least 4 members (excludes halogenated alkanes) is 16. The fourth-order valence-corrected chi connectivity index (χ4v) is 7.19. The number of likely N-dealkylation sites (N-methyl/N-ethyl adjacent to an activating group) is 1. The van der Waals surface area contributed by atoms with E-state index in [4.69, 9.17) is 14.2 Å². The lowest BCUT2D eigenvalue weighted by atomic mass is 10.1. The molecule has 0 aromatic heterocycles. The summed E-state index contributed by atoms with van der Waals surface area (Å²) in [6.07, 6.45) is 64.7. The predicted molar refractivity (Wildman–Crippen MR) is 279 cm³/mol. The topological polar surface area (TPSA) is 99.1 Å². The number of rotatable bonds is 46. The van der Waals surface area contributed by atoms with Gasteiger partial charge in [0.15, 0.2) is 12.1 Å². The van der Waals surface area contributed by atoms with Gasteiger partial charge in [-0.1, -0.05) is 188 Å². The first-order valence-corrected chi connectivity index (χ1v) is 26.3. The molecular weight excluding hydrogens is 823 g/mol. The number of hydrogen-bond acceptors (Lipinski definition) is 6. The van der Waals surface area contributed by atoms with E-state index in [0.717, 1.165) is 77.0 Å². The molecule has 0 aliphatic rings. The van der Waals surface area contributed by atoms with Crippen molar-refractivity contribution in [2.24, 2.45) is 0 Å². The Balaban J connectivity index is 4.36. The van der Waals surface area contributed by atoms with Gasteiger partial charge in [0.05, 0.1) is 34.4 Å². The second-order valence-electron chi connectivity index (χ2n) is 18.4. The van der Waals surface area contributed by atoms with Gasteiger partial charge < -0.3 is 23.8 Å². The van der Waals surface area contributed by atoms with E-state index >= 15 is 0 Å². The molecule has 2 unspecified atom stereocenters. The minimum absolute atomic E-state index is 0.0297. The van der Waals surface area contributed by atoms with E-state index in [1.165, 1.54) is 83.5 Å². The summed E-state index contributed by atoms with van der Waals surface area (Å²) in [7, 11) is 5.50. The van der Waals surface area contributed by atoms with Crippen molar-refractivity contribution in [3.63, 3.8) is 0 Å². The molecule has 0 heterocycles. The molecule has 8 nitrogen and oxygen atoms in total. The van der Waals surface area contributed by atoms with E-state index in [-0.39, 0.29) is 42.7 Å². The molecule has 0 fully saturated rings. The van der Waals surface area contributed by atoms with Crippen LogP contribution in [0, 0.1) is 0 Å². The molecule has 0 aliphatic carbocycles. The van der Waals surface area contributed by atoms with Crippen molar-refractivity contribution >= 4 is 17.9 Å². The van der Waals surface area contributed by atoms with Crippen molar-refractivity contribution in [3.8, 4) is 0 Å². The fourth-order valence-electron chi connectivity index (χ4n) is 7.19. The summed E-state index contributed by atoms with van der Waals surface area (Å²) >= 11 is 0. The average molecular weight is 921 g/mol. The third-order valence-electron chi connectivity index (χ3n) is 11.2. The summed E-state index contributed by atoms with van der Waals surface area (Å²) in [5, 5.41) is 9.66. The molecule has 0 radical (unpaired) electrons. The number of carboxylic acid groups (broad SMARTS) is 1. The Hall–Kier alpha value is -3.75. The predicted octanol–water partition coefficient (Wildman–Crippen LogP) is 15.4. The highest BCUT2D eigenvalue weighted by atomic mass is 16.6. The van der Waals surface area contributed by atoms with E-state index in [1.807, 2.05) is 21.1 Å². The Labute approximate surface area is 405 Å². The summed E-state index contributed by atoms with van der Waals surface area (Å²) in [6.45, 7) is 4.55. The summed E-state index contributed by atoms with van der Waals surface area (Å²) in [5.41, 5.74) is 0. The molecule has 8 heteroatoms. The van der Waals surface area contributed by atoms with Gasteiger partial charge in [0, 0.05) is 19.3 Å². The van der Waals surface area contributed by atoms with Gasteiger partial charge >= 0.3 is 17.9 Å². The molecule has 0 spiro atoms. The maximum atomic E-state index is 12.8. The first kappa shape index (κ1) is 62.2. The van der Waals surface area contributed by atoms with E-state index in [2.05, 4.69) is 111 Å². The van der Waals surface area contributed by atoms with Crippen LogP contribution in [0.3, 0.4) is 0 Å². The van der Waals surface area contributed by atoms with Crippen LogP contribution in [0.5, 0.6) is 0 Å². The second-order valence-corrected chi connectivity index (χ2v) is 18.4. The molecule has 0 aliphatic heterocycles. The monoisotopic (exact) mass is 921 g/mol. The average Bonchev–Trinajstić information content (AvgIpc) is 3.28. The second kappa shape index (κ2) is 47.7. The molecule has 2 atom stereocenters. The maximum Gasteiger partial charge on any atom is 0.362 e. The molecule has 0 aromatic carbocycles. The lowest BCUT2D eigenvalue weighted by Gasteiger charge is -2.31. The third kappa shape index (κ3) is 45.4. The van der Waals surface area contributed by atoms with Crippen LogP contribution in [-0.4, -0.2) is 80.6 Å². The molecular formula is C58H98NO7+. The van der Waals surface area contributed by atoms with Crippen LogP contribution < -0.4 is 0 Å². The zero-order chi connectivity index (χ0) is 48.4. The Morgan fingerprint density at radius 3 is 1.30 bits per heavy atom. The van der Waals surface area contributed by atoms with Crippen LogP contribution in [-0.2, 0) is 28.6 Å². The highest BCUT2D eigenvalue weighted by Gasteiger charge is 2.31. The number of carbonyl (C=O) groups excluding carboxylic acids is 2. The van der Waals surface area contributed by atoms with Crippen LogP contribution in [0.2, 0.25) is 0 Å². The first-order valence-electron chi connectivity index (χ1n) is 26.3. The Morgan fingerprint density at radius 1 is 0.470 bits per heavy atom. The normalized spacial score (nSPS) is 13.7. The molecule has 0 aromatic rings. The van der Waals surface area contributed by atoms with Crippen LogP contribution in [0.4, 0.5) is 0 Å². The Morgan fingerprint density at radius 2 is 0.864 bits per heavy atom. The highest BCUT2D eigenvalue weighted by molar-refractivity contribution is 5.72. The summed E-state index contributed by atoms with van der Waals surface area (Å²) in [5.74, 6) is -1.56. The van der Waals surface area contributed by atoms with Crippen molar-refractivity contribution in [1.82, 2.24) is 0 Å². The number of carbonyl (C=O) groups is 3. The van der Waals surface area contributed by atoms with E-state index in [9.17, 15) is 19.5 Å². The third-order valence-corrected chi connectivity index (χ3v) is 11.2.